The van der Waals surface area contributed by atoms with Gasteiger partial charge < -0.3 is 20.9 Å². The van der Waals surface area contributed by atoms with E-state index in [0.29, 0.717) is 24.7 Å². The van der Waals surface area contributed by atoms with Crippen molar-refractivity contribution in [1.82, 2.24) is 10.3 Å². The third-order valence-corrected chi connectivity index (χ3v) is 5.60. The third-order valence-electron chi connectivity index (χ3n) is 5.38. The molecule has 1 fully saturated rings. The van der Waals surface area contributed by atoms with Gasteiger partial charge >= 0.3 is 0 Å². The maximum atomic E-state index is 14.8. The number of nitrogens with zero attached hydrogens (tertiary/aromatic N) is 2. The van der Waals surface area contributed by atoms with Crippen LogP contribution in [0.2, 0.25) is 5.02 Å². The first-order valence-corrected chi connectivity index (χ1v) is 11.2. The van der Waals surface area contributed by atoms with Crippen molar-refractivity contribution in [1.29, 1.82) is 0 Å². The molecule has 1 saturated heterocycles. The topological polar surface area (TPSA) is 86.4 Å². The molecule has 2 amide bonds. The van der Waals surface area contributed by atoms with Gasteiger partial charge in [0.25, 0.3) is 11.8 Å². The number of amides is 2. The van der Waals surface area contributed by atoms with E-state index in [4.69, 9.17) is 11.6 Å². The Morgan fingerprint density at radius 2 is 1.71 bits per heavy atom. The van der Waals surface area contributed by atoms with E-state index in [1.807, 2.05) is 0 Å². The van der Waals surface area contributed by atoms with Crippen LogP contribution in [-0.2, 0) is 0 Å². The lowest BCUT2D eigenvalue weighted by molar-refractivity contribution is 0.102. The summed E-state index contributed by atoms with van der Waals surface area (Å²) in [6, 6.07) is 7.99. The van der Waals surface area contributed by atoms with Crippen molar-refractivity contribution in [2.45, 2.75) is 6.42 Å². The number of carbonyl (C=O) groups is 2. The number of nitrogens with one attached hydrogen (secondary N) is 3. The average Bonchev–Trinajstić information content (AvgIpc) is 3.10. The standard InChI is InChI=1S/C24H21ClF3N5O2/c25-15-2-5-21(30-13-15)32-24(35)17-12-16(26)3-4-20(17)31-23(34)14-10-18(27)22(19(28)11-14)33-8-1-6-29-7-9-33/h2-5,10-13,29H,1,6-9H2,(H,31,34)(H,30,32,35). The lowest BCUT2D eigenvalue weighted by Gasteiger charge is -2.23. The fourth-order valence-electron chi connectivity index (χ4n) is 3.71. The molecule has 182 valence electrons. The Morgan fingerprint density at radius 1 is 0.943 bits per heavy atom. The Kier molecular flexibility index (Phi) is 7.52. The Hall–Kier alpha value is -3.63. The van der Waals surface area contributed by atoms with Crippen molar-refractivity contribution < 1.29 is 22.8 Å². The summed E-state index contributed by atoms with van der Waals surface area (Å²) in [6.07, 6.45) is 2.04. The summed E-state index contributed by atoms with van der Waals surface area (Å²) in [7, 11) is 0. The van der Waals surface area contributed by atoms with E-state index < -0.39 is 29.3 Å². The first-order chi connectivity index (χ1) is 16.8. The van der Waals surface area contributed by atoms with Crippen molar-refractivity contribution in [2.75, 3.05) is 41.7 Å². The van der Waals surface area contributed by atoms with E-state index in [0.717, 1.165) is 37.2 Å². The molecular weight excluding hydrogens is 483 g/mol. The van der Waals surface area contributed by atoms with Crippen LogP contribution in [0.5, 0.6) is 0 Å². The van der Waals surface area contributed by atoms with Crippen LogP contribution in [0.3, 0.4) is 0 Å². The van der Waals surface area contributed by atoms with Crippen molar-refractivity contribution in [3.63, 3.8) is 0 Å². The molecule has 7 nitrogen and oxygen atoms in total. The molecule has 0 bridgehead atoms. The van der Waals surface area contributed by atoms with Crippen LogP contribution in [0, 0.1) is 17.5 Å². The number of pyridine rings is 1. The maximum absolute atomic E-state index is 14.8. The normalized spacial score (nSPS) is 13.8. The fraction of sp³-hybridized carbons (Fsp3) is 0.208. The number of halogens is 4. The largest absolute Gasteiger partial charge is 0.365 e. The minimum atomic E-state index is -0.872. The van der Waals surface area contributed by atoms with Crippen molar-refractivity contribution in [2.24, 2.45) is 0 Å². The molecule has 0 aliphatic carbocycles. The lowest BCUT2D eigenvalue weighted by Crippen LogP contribution is -2.29. The van der Waals surface area contributed by atoms with Gasteiger partial charge in [-0.25, -0.2) is 18.2 Å². The van der Waals surface area contributed by atoms with E-state index >= 15 is 0 Å². The van der Waals surface area contributed by atoms with Crippen molar-refractivity contribution in [3.8, 4) is 0 Å². The van der Waals surface area contributed by atoms with Gasteiger partial charge in [0.15, 0.2) is 0 Å². The van der Waals surface area contributed by atoms with E-state index in [1.165, 1.54) is 24.4 Å². The fourth-order valence-corrected chi connectivity index (χ4v) is 3.82. The number of hydrogen-bond acceptors (Lipinski definition) is 5. The highest BCUT2D eigenvalue weighted by Gasteiger charge is 2.22. The molecule has 3 N–H and O–H groups in total. The molecule has 0 atom stereocenters. The van der Waals surface area contributed by atoms with Crippen molar-refractivity contribution >= 4 is 40.6 Å². The number of benzene rings is 2. The zero-order chi connectivity index (χ0) is 24.9. The highest BCUT2D eigenvalue weighted by atomic mass is 35.5. The van der Waals surface area contributed by atoms with Crippen LogP contribution in [0.25, 0.3) is 0 Å². The zero-order valence-electron chi connectivity index (χ0n) is 18.4. The summed E-state index contributed by atoms with van der Waals surface area (Å²) >= 11 is 5.78. The number of anilines is 3. The van der Waals surface area contributed by atoms with E-state index in [-0.39, 0.29) is 28.3 Å². The molecular formula is C24H21ClF3N5O2. The Bertz CT molecular complexity index is 1230. The highest BCUT2D eigenvalue weighted by molar-refractivity contribution is 6.30. The first-order valence-electron chi connectivity index (χ1n) is 10.8. The molecule has 3 aromatic rings. The lowest BCUT2D eigenvalue weighted by atomic mass is 10.1. The molecule has 11 heteroatoms. The summed E-state index contributed by atoms with van der Waals surface area (Å²) in [6.45, 7) is 2.24. The summed E-state index contributed by atoms with van der Waals surface area (Å²) in [4.78, 5) is 31.0. The van der Waals surface area contributed by atoms with Crippen LogP contribution in [-0.4, -0.2) is 43.0 Å². The smallest absolute Gasteiger partial charge is 0.259 e. The molecule has 1 aliphatic rings. The van der Waals surface area contributed by atoms with Gasteiger partial charge in [-0.05, 0) is 55.4 Å². The highest BCUT2D eigenvalue weighted by Crippen LogP contribution is 2.27. The van der Waals surface area contributed by atoms with Gasteiger partial charge in [0.1, 0.15) is 29.0 Å². The minimum absolute atomic E-state index is 0.0497. The summed E-state index contributed by atoms with van der Waals surface area (Å²) in [5, 5.41) is 8.42. The molecule has 1 aliphatic heterocycles. The Balaban J connectivity index is 1.56. The van der Waals surface area contributed by atoms with Crippen LogP contribution < -0.4 is 20.9 Å². The third kappa shape index (κ3) is 5.90. The quantitative estimate of drug-likeness (QED) is 0.479. The van der Waals surface area contributed by atoms with Gasteiger partial charge in [-0.15, -0.1) is 0 Å². The number of carbonyl (C=O) groups excluding carboxylic acids is 2. The zero-order valence-corrected chi connectivity index (χ0v) is 19.1. The predicted octanol–water partition coefficient (Wildman–Crippen LogP) is 4.46. The van der Waals surface area contributed by atoms with Crippen molar-refractivity contribution in [3.05, 3.63) is 82.3 Å². The average molecular weight is 504 g/mol. The number of rotatable bonds is 5. The molecule has 1 aromatic heterocycles. The Labute approximate surface area is 204 Å². The van der Waals surface area contributed by atoms with E-state index in [9.17, 15) is 22.8 Å². The molecule has 0 spiro atoms. The van der Waals surface area contributed by atoms with Crippen LogP contribution in [0.15, 0.2) is 48.7 Å². The molecule has 2 aromatic carbocycles. The van der Waals surface area contributed by atoms with Crippen LogP contribution >= 0.6 is 11.6 Å². The Morgan fingerprint density at radius 3 is 2.43 bits per heavy atom. The molecule has 0 saturated carbocycles. The molecule has 2 heterocycles. The number of aromatic nitrogens is 1. The van der Waals surface area contributed by atoms with Gasteiger partial charge in [-0.1, -0.05) is 11.6 Å². The second-order valence-corrected chi connectivity index (χ2v) is 8.28. The summed E-state index contributed by atoms with van der Waals surface area (Å²) in [5.41, 5.74) is -0.731. The van der Waals surface area contributed by atoms with E-state index in [2.05, 4.69) is 20.9 Å². The predicted molar refractivity (Wildman–Crippen MR) is 128 cm³/mol. The van der Waals surface area contributed by atoms with Gasteiger partial charge in [-0.3, -0.25) is 9.59 Å². The summed E-state index contributed by atoms with van der Waals surface area (Å²) in [5.74, 6) is -3.92. The van der Waals surface area contributed by atoms with Crippen LogP contribution in [0.4, 0.5) is 30.4 Å². The molecule has 35 heavy (non-hydrogen) atoms. The van der Waals surface area contributed by atoms with Gasteiger partial charge in [0, 0.05) is 31.4 Å². The van der Waals surface area contributed by atoms with Crippen LogP contribution in [0.1, 0.15) is 27.1 Å². The van der Waals surface area contributed by atoms with Gasteiger partial charge in [0.05, 0.1) is 16.3 Å². The molecule has 0 unspecified atom stereocenters. The SMILES string of the molecule is O=C(Nc1ccc(F)cc1C(=O)Nc1ccc(Cl)cn1)c1cc(F)c(N2CCCNCC2)c(F)c1. The van der Waals surface area contributed by atoms with Gasteiger partial charge in [-0.2, -0.15) is 0 Å². The molecule has 0 radical (unpaired) electrons. The minimum Gasteiger partial charge on any atom is -0.365 e. The second-order valence-electron chi connectivity index (χ2n) is 7.84. The van der Waals surface area contributed by atoms with E-state index in [1.54, 1.807) is 4.90 Å². The summed E-state index contributed by atoms with van der Waals surface area (Å²) < 4.78 is 43.6. The maximum Gasteiger partial charge on any atom is 0.259 e. The second kappa shape index (κ2) is 10.7. The monoisotopic (exact) mass is 503 g/mol. The van der Waals surface area contributed by atoms with Gasteiger partial charge in [0.2, 0.25) is 0 Å². The molecule has 4 rings (SSSR count). The number of hydrogen-bond donors (Lipinski definition) is 3. The first kappa shape index (κ1) is 24.5.